The van der Waals surface area contributed by atoms with Gasteiger partial charge in [0, 0.05) is 0 Å². The van der Waals surface area contributed by atoms with Crippen LogP contribution < -0.4 is 0 Å². The number of Topliss-reactive ketones (excluding diaryl/α,β-unsaturated/α-hetero) is 4. The predicted octanol–water partition coefficient (Wildman–Crippen LogP) is 1.90. The van der Waals surface area contributed by atoms with Crippen molar-refractivity contribution in [2.24, 2.45) is 0 Å². The zero-order valence-corrected chi connectivity index (χ0v) is 25.0. The van der Waals surface area contributed by atoms with Crippen LogP contribution in [0.1, 0.15) is 55.4 Å². The van der Waals surface area contributed by atoms with Gasteiger partial charge in [-0.2, -0.15) is 0 Å². The predicted molar refractivity (Wildman–Crippen MR) is 124 cm³/mol. The molecule has 4 unspecified atom stereocenters. The molecule has 0 saturated heterocycles. The van der Waals surface area contributed by atoms with E-state index in [4.69, 9.17) is 18.9 Å². The van der Waals surface area contributed by atoms with Gasteiger partial charge >= 0.3 is 221 Å². The van der Waals surface area contributed by atoms with Crippen molar-refractivity contribution in [1.82, 2.24) is 0 Å². The van der Waals surface area contributed by atoms with E-state index in [1.165, 1.54) is 27.7 Å². The average Bonchev–Trinajstić information content (AvgIpc) is 2.73. The summed E-state index contributed by atoms with van der Waals surface area (Å²) in [6.07, 6.45) is 0. The molecule has 0 aromatic heterocycles. The first kappa shape index (κ1) is 34.4. The van der Waals surface area contributed by atoms with Crippen molar-refractivity contribution >= 4 is 47.0 Å². The Morgan fingerprint density at radius 1 is 0.432 bits per heavy atom. The summed E-state index contributed by atoms with van der Waals surface area (Å²) in [7, 11) is 0. The Balaban J connectivity index is 8.47. The van der Waals surface area contributed by atoms with Crippen LogP contribution in [0, 0.1) is 0 Å². The summed E-state index contributed by atoms with van der Waals surface area (Å²) in [6, 6.07) is 0. The Labute approximate surface area is 220 Å². The first-order valence-electron chi connectivity index (χ1n) is 11.9. The van der Waals surface area contributed by atoms with Gasteiger partial charge in [0.15, 0.2) is 0 Å². The van der Waals surface area contributed by atoms with E-state index in [0.29, 0.717) is 0 Å². The summed E-state index contributed by atoms with van der Waals surface area (Å²) in [5.41, 5.74) is 0. The molecule has 0 fully saturated rings. The molecular formula is C24H36O12Zr. The van der Waals surface area contributed by atoms with E-state index in [0.717, 1.165) is 27.7 Å². The number of hydrogen-bond donors (Lipinski definition) is 0. The number of rotatable bonds is 16. The van der Waals surface area contributed by atoms with Crippen molar-refractivity contribution in [2.45, 2.75) is 69.9 Å². The number of ketones is 4. The molecule has 0 bridgehead atoms. The molecule has 0 rings (SSSR count). The summed E-state index contributed by atoms with van der Waals surface area (Å²) in [6.45, 7) is 8.35. The van der Waals surface area contributed by atoms with E-state index in [1.807, 2.05) is 0 Å². The second kappa shape index (κ2) is 15.6. The number of hydrogen-bond acceptors (Lipinski definition) is 12. The van der Waals surface area contributed by atoms with Crippen LogP contribution in [0.3, 0.4) is 0 Å². The fourth-order valence-corrected chi connectivity index (χ4v) is 21.5. The number of carbonyl (C=O) groups is 8. The van der Waals surface area contributed by atoms with E-state index in [9.17, 15) is 38.4 Å². The van der Waals surface area contributed by atoms with Gasteiger partial charge in [0.1, 0.15) is 0 Å². The van der Waals surface area contributed by atoms with Gasteiger partial charge in [0.05, 0.1) is 0 Å². The summed E-state index contributed by atoms with van der Waals surface area (Å²) in [4.78, 5) is 106. The van der Waals surface area contributed by atoms with E-state index < -0.39 is 81.8 Å². The van der Waals surface area contributed by atoms with E-state index in [2.05, 4.69) is 0 Å². The number of ether oxygens (including phenoxy) is 4. The average molecular weight is 608 g/mol. The molecule has 0 heterocycles. The quantitative estimate of drug-likeness (QED) is 0.142. The molecule has 0 saturated carbocycles. The fourth-order valence-electron chi connectivity index (χ4n) is 4.79. The van der Waals surface area contributed by atoms with Crippen LogP contribution in [0.2, 0.25) is 14.5 Å². The molecule has 0 spiro atoms. The Bertz CT molecular complexity index is 775. The van der Waals surface area contributed by atoms with E-state index in [-0.39, 0.29) is 26.4 Å². The molecule has 12 nitrogen and oxygen atoms in total. The zero-order chi connectivity index (χ0) is 29.1. The van der Waals surface area contributed by atoms with Crippen molar-refractivity contribution in [2.75, 3.05) is 26.4 Å². The third kappa shape index (κ3) is 7.72. The Morgan fingerprint density at radius 2 is 0.595 bits per heavy atom. The van der Waals surface area contributed by atoms with Gasteiger partial charge in [-0.15, -0.1) is 0 Å². The molecule has 13 heteroatoms. The maximum atomic E-state index is 13.4. The second-order valence-electron chi connectivity index (χ2n) is 8.18. The van der Waals surface area contributed by atoms with Crippen molar-refractivity contribution in [3.8, 4) is 0 Å². The zero-order valence-electron chi connectivity index (χ0n) is 22.5. The standard InChI is InChI=1S/4C6H9O3.Zr/c4*1-3-9-6(8)4-5(2)7;/h4*4H,3H2,1-2H3;. The topological polar surface area (TPSA) is 173 Å². The monoisotopic (exact) mass is 606 g/mol. The van der Waals surface area contributed by atoms with Crippen LogP contribution in [0.5, 0.6) is 0 Å². The first-order valence-corrected chi connectivity index (χ1v) is 17.6. The molecule has 0 radical (unpaired) electrons. The van der Waals surface area contributed by atoms with Crippen LogP contribution in [-0.2, 0) is 77.6 Å². The summed E-state index contributed by atoms with van der Waals surface area (Å²) < 4.78 is 12.0. The molecule has 4 atom stereocenters. The van der Waals surface area contributed by atoms with Crippen LogP contribution in [-0.4, -0.2) is 73.4 Å². The molecule has 0 aliphatic rings. The molecule has 208 valence electrons. The minimum atomic E-state index is -6.45. The van der Waals surface area contributed by atoms with Crippen molar-refractivity contribution in [3.63, 3.8) is 0 Å². The van der Waals surface area contributed by atoms with E-state index in [1.54, 1.807) is 0 Å². The molecular weight excluding hydrogens is 571 g/mol. The fraction of sp³-hybridized carbons (Fsp3) is 0.667. The van der Waals surface area contributed by atoms with Gasteiger partial charge in [0.25, 0.3) is 0 Å². The molecule has 0 aliphatic carbocycles. The Morgan fingerprint density at radius 3 is 0.703 bits per heavy atom. The van der Waals surface area contributed by atoms with Crippen LogP contribution in [0.15, 0.2) is 0 Å². The molecule has 0 aromatic rings. The summed E-state index contributed by atoms with van der Waals surface area (Å²) in [5.74, 6) is -9.04. The summed E-state index contributed by atoms with van der Waals surface area (Å²) in [5, 5.41) is 0. The van der Waals surface area contributed by atoms with E-state index >= 15 is 0 Å². The third-order valence-corrected chi connectivity index (χ3v) is 21.9. The minimum absolute atomic E-state index is 0.261. The molecule has 0 aliphatic heterocycles. The van der Waals surface area contributed by atoms with Crippen molar-refractivity contribution in [1.29, 1.82) is 0 Å². The van der Waals surface area contributed by atoms with Crippen molar-refractivity contribution < 1.29 is 77.6 Å². The number of esters is 4. The maximum absolute atomic E-state index is 13.4. The SMILES string of the molecule is CCOC(=O)[CH](C(C)=O)[Zr]([CH](C(C)=O)C(=O)OCC)([CH](C(C)=O)C(=O)OCC)[CH](C(C)=O)C(=O)OCC. The van der Waals surface area contributed by atoms with Gasteiger partial charge in [0.2, 0.25) is 0 Å². The first-order chi connectivity index (χ1) is 17.2. The van der Waals surface area contributed by atoms with Crippen molar-refractivity contribution in [3.05, 3.63) is 0 Å². The molecule has 0 amide bonds. The van der Waals surface area contributed by atoms with Crippen LogP contribution >= 0.6 is 0 Å². The van der Waals surface area contributed by atoms with Gasteiger partial charge in [-0.05, 0) is 0 Å². The van der Waals surface area contributed by atoms with Crippen LogP contribution in [0.25, 0.3) is 0 Å². The van der Waals surface area contributed by atoms with Gasteiger partial charge in [-0.1, -0.05) is 0 Å². The van der Waals surface area contributed by atoms with Gasteiger partial charge in [-0.3, -0.25) is 0 Å². The Kier molecular flexibility index (Phi) is 14.6. The Hall–Kier alpha value is -2.56. The van der Waals surface area contributed by atoms with Crippen LogP contribution in [0.4, 0.5) is 0 Å². The molecule has 0 N–H and O–H groups in total. The molecule has 0 aromatic carbocycles. The van der Waals surface area contributed by atoms with Gasteiger partial charge < -0.3 is 0 Å². The third-order valence-electron chi connectivity index (χ3n) is 5.72. The number of carbonyl (C=O) groups excluding carboxylic acids is 8. The molecule has 37 heavy (non-hydrogen) atoms. The summed E-state index contributed by atoms with van der Waals surface area (Å²) >= 11 is -6.45. The normalized spacial score (nSPS) is 15.6. The second-order valence-corrected chi connectivity index (χ2v) is 18.8. The van der Waals surface area contributed by atoms with Gasteiger partial charge in [-0.25, -0.2) is 0 Å².